The first kappa shape index (κ1) is 18.5. The Kier molecular flexibility index (Phi) is 5.36. The number of carbonyl (C=O) groups excluding carboxylic acids is 1. The van der Waals surface area contributed by atoms with Crippen LogP contribution in [0.3, 0.4) is 0 Å². The van der Waals surface area contributed by atoms with Gasteiger partial charge in [-0.3, -0.25) is 14.2 Å². The van der Waals surface area contributed by atoms with E-state index in [2.05, 4.69) is 31.4 Å². The molecule has 0 bridgehead atoms. The summed E-state index contributed by atoms with van der Waals surface area (Å²) in [5.74, 6) is -0.437. The summed E-state index contributed by atoms with van der Waals surface area (Å²) >= 11 is 2.89. The van der Waals surface area contributed by atoms with E-state index in [9.17, 15) is 18.0 Å². The van der Waals surface area contributed by atoms with E-state index in [1.165, 1.54) is 13.8 Å². The Bertz CT molecular complexity index is 737. The molecule has 1 N–H and O–H groups in total. The Morgan fingerprint density at radius 1 is 1.42 bits per heavy atom. The summed E-state index contributed by atoms with van der Waals surface area (Å²) in [6, 6.07) is 0.886. The van der Waals surface area contributed by atoms with Gasteiger partial charge in [0, 0.05) is 12.7 Å². The van der Waals surface area contributed by atoms with Gasteiger partial charge in [0.2, 0.25) is 5.91 Å². The second-order valence-corrected chi connectivity index (χ2v) is 6.04. The highest BCUT2D eigenvalue weighted by atomic mass is 79.9. The summed E-state index contributed by atoms with van der Waals surface area (Å²) in [5.41, 5.74) is -0.131. The number of alkyl halides is 3. The summed E-state index contributed by atoms with van der Waals surface area (Å²) in [5, 5.41) is 10.4. The van der Waals surface area contributed by atoms with Gasteiger partial charge in [-0.1, -0.05) is 0 Å². The summed E-state index contributed by atoms with van der Waals surface area (Å²) in [4.78, 5) is 12.2. The van der Waals surface area contributed by atoms with Crippen molar-refractivity contribution >= 4 is 21.8 Å². The van der Waals surface area contributed by atoms with Crippen LogP contribution in [0.1, 0.15) is 37.0 Å². The van der Waals surface area contributed by atoms with Crippen molar-refractivity contribution in [1.82, 2.24) is 24.9 Å². The topological polar surface area (TPSA) is 64.7 Å². The first-order chi connectivity index (χ1) is 11.1. The molecule has 0 fully saturated rings. The third-order valence-electron chi connectivity index (χ3n) is 3.56. The van der Waals surface area contributed by atoms with E-state index in [1.54, 1.807) is 16.9 Å². The average Bonchev–Trinajstić information content (AvgIpc) is 3.09. The molecule has 132 valence electrons. The fourth-order valence-electron chi connectivity index (χ4n) is 2.17. The van der Waals surface area contributed by atoms with Crippen molar-refractivity contribution in [3.05, 3.63) is 33.8 Å². The van der Waals surface area contributed by atoms with E-state index >= 15 is 0 Å². The molecular formula is C14H17BrF3N5O. The number of aryl methyl sites for hydroxylation is 1. The van der Waals surface area contributed by atoms with Crippen LogP contribution in [0.15, 0.2) is 16.7 Å². The van der Waals surface area contributed by atoms with E-state index < -0.39 is 23.8 Å². The largest absolute Gasteiger partial charge is 0.436 e. The minimum Gasteiger partial charge on any atom is -0.349 e. The Hall–Kier alpha value is -1.84. The molecule has 0 saturated heterocycles. The van der Waals surface area contributed by atoms with Gasteiger partial charge in [-0.2, -0.15) is 23.4 Å². The Morgan fingerprint density at radius 3 is 2.58 bits per heavy atom. The van der Waals surface area contributed by atoms with E-state index in [0.29, 0.717) is 12.2 Å². The molecule has 24 heavy (non-hydrogen) atoms. The van der Waals surface area contributed by atoms with Gasteiger partial charge in [-0.15, -0.1) is 0 Å². The molecule has 0 aromatic carbocycles. The molecule has 2 heterocycles. The summed E-state index contributed by atoms with van der Waals surface area (Å²) in [6.07, 6.45) is -2.80. The van der Waals surface area contributed by atoms with Gasteiger partial charge in [0.15, 0.2) is 5.69 Å². The molecule has 2 aromatic rings. The van der Waals surface area contributed by atoms with Gasteiger partial charge < -0.3 is 5.32 Å². The monoisotopic (exact) mass is 407 g/mol. The molecule has 0 aliphatic rings. The maximum absolute atomic E-state index is 12.9. The Morgan fingerprint density at radius 2 is 2.08 bits per heavy atom. The van der Waals surface area contributed by atoms with Gasteiger partial charge in [0.1, 0.15) is 6.04 Å². The summed E-state index contributed by atoms with van der Waals surface area (Å²) < 4.78 is 41.3. The number of rotatable bonds is 5. The summed E-state index contributed by atoms with van der Waals surface area (Å²) in [6.45, 7) is 5.81. The average molecular weight is 408 g/mol. The molecule has 1 amide bonds. The fraction of sp³-hybridized carbons (Fsp3) is 0.500. The smallest absolute Gasteiger partial charge is 0.349 e. The van der Waals surface area contributed by atoms with Crippen LogP contribution >= 0.6 is 15.9 Å². The number of hydrogen-bond donors (Lipinski definition) is 1. The zero-order valence-corrected chi connectivity index (χ0v) is 14.9. The van der Waals surface area contributed by atoms with E-state index in [0.717, 1.165) is 4.68 Å². The zero-order chi connectivity index (χ0) is 18.1. The van der Waals surface area contributed by atoms with Crippen molar-refractivity contribution in [2.45, 2.75) is 46.1 Å². The van der Waals surface area contributed by atoms with Crippen molar-refractivity contribution < 1.29 is 18.0 Å². The lowest BCUT2D eigenvalue weighted by atomic mass is 10.3. The molecule has 1 unspecified atom stereocenters. The number of hydrogen-bond acceptors (Lipinski definition) is 3. The molecule has 1 atom stereocenters. The number of nitrogens with one attached hydrogen (secondary N) is 1. The third-order valence-corrected chi connectivity index (χ3v) is 4.50. The lowest BCUT2D eigenvalue weighted by molar-refractivity contribution is -0.142. The minimum absolute atomic E-state index is 0.156. The number of amides is 1. The molecule has 2 aromatic heterocycles. The first-order valence-electron chi connectivity index (χ1n) is 7.27. The minimum atomic E-state index is -4.59. The number of carbonyl (C=O) groups is 1. The standard InChI is InChI=1S/C14H17BrF3N5O/c1-4-22-6-5-10(20-22)7-19-13(24)9(3)23-8(2)11(15)12(21-23)14(16,17)18/h5-6,9H,4,7H2,1-3H3,(H,19,24). The second kappa shape index (κ2) is 6.96. The van der Waals surface area contributed by atoms with Crippen molar-refractivity contribution in [2.75, 3.05) is 0 Å². The maximum Gasteiger partial charge on any atom is 0.436 e. The number of aromatic nitrogens is 4. The molecular weight excluding hydrogens is 391 g/mol. The molecule has 6 nitrogen and oxygen atoms in total. The molecule has 2 rings (SSSR count). The van der Waals surface area contributed by atoms with Crippen molar-refractivity contribution in [2.24, 2.45) is 0 Å². The van der Waals surface area contributed by atoms with Crippen LogP contribution in [-0.2, 0) is 24.1 Å². The number of halogens is 4. The van der Waals surface area contributed by atoms with E-state index in [4.69, 9.17) is 0 Å². The molecule has 0 saturated carbocycles. The first-order valence-corrected chi connectivity index (χ1v) is 8.06. The SMILES string of the molecule is CCn1ccc(CNC(=O)C(C)n2nc(C(F)(F)F)c(Br)c2C)n1. The van der Waals surface area contributed by atoms with Gasteiger partial charge in [0.05, 0.1) is 22.4 Å². The van der Waals surface area contributed by atoms with Crippen LogP contribution in [-0.4, -0.2) is 25.5 Å². The highest BCUT2D eigenvalue weighted by molar-refractivity contribution is 9.10. The van der Waals surface area contributed by atoms with Crippen molar-refractivity contribution in [1.29, 1.82) is 0 Å². The summed E-state index contributed by atoms with van der Waals surface area (Å²) in [7, 11) is 0. The van der Waals surface area contributed by atoms with Crippen LogP contribution in [0.4, 0.5) is 13.2 Å². The lowest BCUT2D eigenvalue weighted by Crippen LogP contribution is -2.31. The Balaban J connectivity index is 2.10. The normalized spacial score (nSPS) is 13.1. The van der Waals surface area contributed by atoms with Crippen LogP contribution in [0.25, 0.3) is 0 Å². The lowest BCUT2D eigenvalue weighted by Gasteiger charge is -2.14. The predicted octanol–water partition coefficient (Wildman–Crippen LogP) is 3.07. The molecule has 0 spiro atoms. The highest BCUT2D eigenvalue weighted by Crippen LogP contribution is 2.36. The zero-order valence-electron chi connectivity index (χ0n) is 13.4. The maximum atomic E-state index is 12.9. The number of nitrogens with zero attached hydrogens (tertiary/aromatic N) is 4. The van der Waals surface area contributed by atoms with Gasteiger partial charge in [-0.05, 0) is 42.8 Å². The Labute approximate surface area is 145 Å². The van der Waals surface area contributed by atoms with Crippen LogP contribution in [0.5, 0.6) is 0 Å². The fourth-order valence-corrected chi connectivity index (χ4v) is 2.65. The quantitative estimate of drug-likeness (QED) is 0.827. The second-order valence-electron chi connectivity index (χ2n) is 5.25. The molecule has 0 aliphatic heterocycles. The predicted molar refractivity (Wildman–Crippen MR) is 84.1 cm³/mol. The third kappa shape index (κ3) is 3.80. The van der Waals surface area contributed by atoms with Crippen molar-refractivity contribution in [3.8, 4) is 0 Å². The van der Waals surface area contributed by atoms with Gasteiger partial charge >= 0.3 is 6.18 Å². The van der Waals surface area contributed by atoms with E-state index in [1.807, 2.05) is 6.92 Å². The van der Waals surface area contributed by atoms with Gasteiger partial charge in [0.25, 0.3) is 0 Å². The molecule has 0 radical (unpaired) electrons. The van der Waals surface area contributed by atoms with Crippen LogP contribution < -0.4 is 5.32 Å². The van der Waals surface area contributed by atoms with Crippen molar-refractivity contribution in [3.63, 3.8) is 0 Å². The van der Waals surface area contributed by atoms with Crippen LogP contribution in [0, 0.1) is 6.92 Å². The van der Waals surface area contributed by atoms with Gasteiger partial charge in [-0.25, -0.2) is 0 Å². The highest BCUT2D eigenvalue weighted by Gasteiger charge is 2.38. The van der Waals surface area contributed by atoms with E-state index in [-0.39, 0.29) is 16.7 Å². The van der Waals surface area contributed by atoms with Crippen LogP contribution in [0.2, 0.25) is 0 Å². The molecule has 10 heteroatoms. The molecule has 0 aliphatic carbocycles.